The summed E-state index contributed by atoms with van der Waals surface area (Å²) in [4.78, 5) is 10.4. The summed E-state index contributed by atoms with van der Waals surface area (Å²) in [6.07, 6.45) is -3.61. The first-order valence-corrected chi connectivity index (χ1v) is 12.1. The van der Waals surface area contributed by atoms with Crippen molar-refractivity contribution in [1.82, 2.24) is 4.31 Å². The Morgan fingerprint density at radius 3 is 2.56 bits per heavy atom. The van der Waals surface area contributed by atoms with Gasteiger partial charge in [-0.2, -0.15) is 17.5 Å². The molecule has 186 valence electrons. The lowest BCUT2D eigenvalue weighted by Gasteiger charge is -2.33. The van der Waals surface area contributed by atoms with Crippen LogP contribution in [0.3, 0.4) is 0 Å². The molecule has 11 heteroatoms. The molecule has 1 atom stereocenters. The zero-order valence-corrected chi connectivity index (χ0v) is 19.7. The van der Waals surface area contributed by atoms with Crippen molar-refractivity contribution in [2.45, 2.75) is 56.3 Å². The number of sulfonamides is 1. The van der Waals surface area contributed by atoms with Crippen molar-refractivity contribution < 1.29 is 41.0 Å². The van der Waals surface area contributed by atoms with Gasteiger partial charge in [0.05, 0.1) is 22.6 Å². The molecule has 1 unspecified atom stereocenters. The van der Waals surface area contributed by atoms with Crippen molar-refractivity contribution >= 4 is 16.0 Å². The maximum absolute atomic E-state index is 13.5. The summed E-state index contributed by atoms with van der Waals surface area (Å²) in [6.45, 7) is 2.71. The molecular weight excluding hydrogens is 475 g/mol. The summed E-state index contributed by atoms with van der Waals surface area (Å²) in [7, 11) is -3.02. The minimum absolute atomic E-state index is 0.190. The maximum atomic E-state index is 13.5. The van der Waals surface area contributed by atoms with Gasteiger partial charge in [0.1, 0.15) is 11.5 Å². The monoisotopic (exact) mass is 501 g/mol. The second kappa shape index (κ2) is 9.83. The average molecular weight is 502 g/mol. The third-order valence-corrected chi connectivity index (χ3v) is 7.32. The predicted molar refractivity (Wildman–Crippen MR) is 117 cm³/mol. The van der Waals surface area contributed by atoms with Crippen LogP contribution in [0, 0.1) is 0 Å². The Labute approximate surface area is 196 Å². The van der Waals surface area contributed by atoms with E-state index in [1.54, 1.807) is 32.0 Å². The van der Waals surface area contributed by atoms with Gasteiger partial charge in [-0.25, -0.2) is 13.2 Å². The smallest absolute Gasteiger partial charge is 0.416 e. The Morgan fingerprint density at radius 1 is 1.24 bits per heavy atom. The summed E-state index contributed by atoms with van der Waals surface area (Å²) in [5.74, 6) is -0.985. The van der Waals surface area contributed by atoms with Gasteiger partial charge in [0.15, 0.2) is 6.61 Å². The molecule has 0 heterocycles. The third-order valence-electron chi connectivity index (χ3n) is 5.48. The number of aliphatic carboxylic acids is 1. The van der Waals surface area contributed by atoms with Gasteiger partial charge in [-0.05, 0) is 62.4 Å². The molecule has 1 aliphatic carbocycles. The van der Waals surface area contributed by atoms with E-state index in [0.29, 0.717) is 42.2 Å². The summed E-state index contributed by atoms with van der Waals surface area (Å²) in [5, 5.41) is 8.91. The highest BCUT2D eigenvalue weighted by Gasteiger charge is 2.37. The van der Waals surface area contributed by atoms with Crippen LogP contribution in [0.25, 0.3) is 0 Å². The van der Waals surface area contributed by atoms with Gasteiger partial charge in [-0.3, -0.25) is 0 Å². The van der Waals surface area contributed by atoms with E-state index in [4.69, 9.17) is 14.6 Å². The van der Waals surface area contributed by atoms with Gasteiger partial charge in [0, 0.05) is 13.1 Å². The van der Waals surface area contributed by atoms with E-state index in [2.05, 4.69) is 0 Å². The Morgan fingerprint density at radius 2 is 1.94 bits per heavy atom. The molecular formula is C23H26F3NO6S. The zero-order chi connectivity index (χ0) is 25.3. The quantitative estimate of drug-likeness (QED) is 0.566. The zero-order valence-electron chi connectivity index (χ0n) is 18.9. The molecule has 0 aromatic heterocycles. The van der Waals surface area contributed by atoms with Crippen LogP contribution in [-0.2, 0) is 27.4 Å². The van der Waals surface area contributed by atoms with Crippen LogP contribution in [0.15, 0.2) is 41.3 Å². The molecule has 0 bridgehead atoms. The molecule has 3 rings (SSSR count). The lowest BCUT2D eigenvalue weighted by molar-refractivity contribution is -0.139. The van der Waals surface area contributed by atoms with Crippen molar-refractivity contribution in [2.24, 2.45) is 0 Å². The Hall–Kier alpha value is -2.79. The first-order valence-electron chi connectivity index (χ1n) is 10.6. The van der Waals surface area contributed by atoms with Crippen LogP contribution < -0.4 is 9.47 Å². The highest BCUT2D eigenvalue weighted by atomic mass is 32.2. The number of fused-ring (bicyclic) bond motifs is 1. The number of halogens is 3. The van der Waals surface area contributed by atoms with Crippen LogP contribution in [0.1, 0.15) is 49.4 Å². The highest BCUT2D eigenvalue weighted by molar-refractivity contribution is 7.89. The fourth-order valence-corrected chi connectivity index (χ4v) is 5.43. The van der Waals surface area contributed by atoms with Gasteiger partial charge in [-0.1, -0.05) is 12.1 Å². The van der Waals surface area contributed by atoms with E-state index >= 15 is 0 Å². The first kappa shape index (κ1) is 25.8. The molecule has 1 aliphatic rings. The second-order valence-electron chi connectivity index (χ2n) is 8.29. The van der Waals surface area contributed by atoms with E-state index in [9.17, 15) is 26.4 Å². The van der Waals surface area contributed by atoms with Crippen molar-refractivity contribution in [1.29, 1.82) is 0 Å². The lowest BCUT2D eigenvalue weighted by atomic mass is 9.87. The summed E-state index contributed by atoms with van der Waals surface area (Å²) < 4.78 is 79.1. The van der Waals surface area contributed by atoms with Crippen molar-refractivity contribution in [3.05, 3.63) is 53.1 Å². The number of carboxylic acids is 1. The molecule has 34 heavy (non-hydrogen) atoms. The van der Waals surface area contributed by atoms with Crippen molar-refractivity contribution in [3.8, 4) is 11.5 Å². The molecule has 2 aromatic rings. The van der Waals surface area contributed by atoms with Gasteiger partial charge < -0.3 is 14.6 Å². The molecule has 0 spiro atoms. The fourth-order valence-electron chi connectivity index (χ4n) is 4.00. The van der Waals surface area contributed by atoms with Crippen LogP contribution in [0.5, 0.6) is 11.5 Å². The molecule has 1 N–H and O–H groups in total. The average Bonchev–Trinajstić information content (AvgIpc) is 2.75. The third kappa shape index (κ3) is 5.64. The molecule has 0 saturated heterocycles. The Kier molecular flexibility index (Phi) is 7.47. The predicted octanol–water partition coefficient (Wildman–Crippen LogP) is 4.65. The van der Waals surface area contributed by atoms with Crippen molar-refractivity contribution in [3.63, 3.8) is 0 Å². The number of alkyl halides is 3. The Balaban J connectivity index is 2.02. The number of ether oxygens (including phenoxy) is 2. The van der Waals surface area contributed by atoms with Crippen LogP contribution in [0.4, 0.5) is 13.2 Å². The summed E-state index contributed by atoms with van der Waals surface area (Å²) in [5.41, 5.74) is 0.201. The number of hydrogen-bond acceptors (Lipinski definition) is 5. The standard InChI is InChI=1S/C23H26F3NO6S/c1-14(2)33-16-10-15(23(24,25)26)11-17(12-16)34(30,31)27(3)20-8-4-7-19-18(20)6-5-9-21(19)32-13-22(28)29/h5-6,9-12,14,20H,4,7-8,13H2,1-3H3,(H,28,29). The minimum atomic E-state index is -4.76. The lowest BCUT2D eigenvalue weighted by Crippen LogP contribution is -2.33. The second-order valence-corrected chi connectivity index (χ2v) is 10.3. The number of nitrogens with zero attached hydrogens (tertiary/aromatic N) is 1. The van der Waals surface area contributed by atoms with E-state index in [-0.39, 0.29) is 5.75 Å². The van der Waals surface area contributed by atoms with Gasteiger partial charge in [0.2, 0.25) is 10.0 Å². The molecule has 0 fully saturated rings. The number of hydrogen-bond donors (Lipinski definition) is 1. The number of benzene rings is 2. The minimum Gasteiger partial charge on any atom is -0.491 e. The fraction of sp³-hybridized carbons (Fsp3) is 0.435. The van der Waals surface area contributed by atoms with E-state index in [1.807, 2.05) is 0 Å². The van der Waals surface area contributed by atoms with Gasteiger partial charge in [-0.15, -0.1) is 0 Å². The normalized spacial score (nSPS) is 16.4. The number of carbonyl (C=O) groups is 1. The summed E-state index contributed by atoms with van der Waals surface area (Å²) >= 11 is 0. The Bertz CT molecular complexity index is 1160. The maximum Gasteiger partial charge on any atom is 0.416 e. The van der Waals surface area contributed by atoms with Crippen molar-refractivity contribution in [2.75, 3.05) is 13.7 Å². The highest BCUT2D eigenvalue weighted by Crippen LogP contribution is 2.41. The SMILES string of the molecule is CC(C)Oc1cc(C(F)(F)F)cc(S(=O)(=O)N(C)C2CCCc3c(OCC(=O)O)cccc32)c1. The molecule has 0 aliphatic heterocycles. The molecule has 7 nitrogen and oxygen atoms in total. The van der Waals surface area contributed by atoms with Crippen LogP contribution in [0.2, 0.25) is 0 Å². The van der Waals surface area contributed by atoms with E-state index in [0.717, 1.165) is 16.4 Å². The topological polar surface area (TPSA) is 93.1 Å². The first-order chi connectivity index (χ1) is 15.8. The number of carboxylic acid groups (broad SMARTS) is 1. The van der Waals surface area contributed by atoms with E-state index < -0.39 is 51.4 Å². The number of rotatable bonds is 8. The van der Waals surface area contributed by atoms with Crippen LogP contribution >= 0.6 is 0 Å². The summed E-state index contributed by atoms with van der Waals surface area (Å²) in [6, 6.07) is 6.78. The molecule has 0 saturated carbocycles. The molecule has 0 radical (unpaired) electrons. The largest absolute Gasteiger partial charge is 0.491 e. The van der Waals surface area contributed by atoms with Gasteiger partial charge >= 0.3 is 12.1 Å². The van der Waals surface area contributed by atoms with Crippen LogP contribution in [-0.4, -0.2) is 43.6 Å². The molecule has 2 aromatic carbocycles. The van der Waals surface area contributed by atoms with E-state index in [1.165, 1.54) is 7.05 Å². The van der Waals surface area contributed by atoms with Gasteiger partial charge in [0.25, 0.3) is 0 Å². The molecule has 0 amide bonds.